The number of benzene rings is 8. The summed E-state index contributed by atoms with van der Waals surface area (Å²) < 4.78 is 0. The summed E-state index contributed by atoms with van der Waals surface area (Å²) in [5, 5.41) is 2.36. The molecule has 0 aliphatic heterocycles. The topological polar surface area (TPSA) is 38.7 Å². The van der Waals surface area contributed by atoms with Gasteiger partial charge < -0.3 is 0 Å². The molecular formula is C59H45N3. The van der Waals surface area contributed by atoms with Crippen molar-refractivity contribution in [2.24, 2.45) is 11.8 Å². The molecule has 1 saturated carbocycles. The van der Waals surface area contributed by atoms with Crippen molar-refractivity contribution >= 4 is 10.8 Å². The average molecular weight is 796 g/mol. The Labute approximate surface area is 363 Å². The maximum atomic E-state index is 5.42. The van der Waals surface area contributed by atoms with Crippen LogP contribution in [0.5, 0.6) is 0 Å². The second-order valence-corrected chi connectivity index (χ2v) is 17.6. The van der Waals surface area contributed by atoms with Crippen LogP contribution < -0.4 is 0 Å². The van der Waals surface area contributed by atoms with Gasteiger partial charge in [0.15, 0.2) is 17.5 Å². The molecule has 3 atom stereocenters. The van der Waals surface area contributed by atoms with Crippen molar-refractivity contribution in [1.29, 1.82) is 0 Å². The van der Waals surface area contributed by atoms with Gasteiger partial charge >= 0.3 is 0 Å². The lowest BCUT2D eigenvalue weighted by Crippen LogP contribution is -2.37. The minimum Gasteiger partial charge on any atom is -0.208 e. The normalized spacial score (nSPS) is 18.6. The fourth-order valence-electron chi connectivity index (χ4n) is 11.1. The zero-order chi connectivity index (χ0) is 41.2. The lowest BCUT2D eigenvalue weighted by molar-refractivity contribution is 0.285. The fourth-order valence-corrected chi connectivity index (χ4v) is 11.1. The van der Waals surface area contributed by atoms with Gasteiger partial charge in [-0.1, -0.05) is 194 Å². The molecule has 62 heavy (non-hydrogen) atoms. The molecule has 1 aromatic heterocycles. The average Bonchev–Trinajstić information content (AvgIpc) is 3.63. The number of hydrogen-bond acceptors (Lipinski definition) is 3. The second-order valence-electron chi connectivity index (χ2n) is 17.6. The summed E-state index contributed by atoms with van der Waals surface area (Å²) in [5.41, 5.74) is 17.0. The number of nitrogens with zero attached hydrogens (tertiary/aromatic N) is 3. The van der Waals surface area contributed by atoms with Gasteiger partial charge in [-0.25, -0.2) is 15.0 Å². The molecule has 8 aromatic carbocycles. The van der Waals surface area contributed by atoms with Crippen molar-refractivity contribution in [3.8, 4) is 78.7 Å². The number of aromatic nitrogens is 3. The van der Waals surface area contributed by atoms with Crippen LogP contribution >= 0.6 is 0 Å². The largest absolute Gasteiger partial charge is 0.208 e. The smallest absolute Gasteiger partial charge is 0.164 e. The van der Waals surface area contributed by atoms with Crippen molar-refractivity contribution in [3.63, 3.8) is 0 Å². The van der Waals surface area contributed by atoms with E-state index >= 15 is 0 Å². The standard InChI is InChI=1S/C59H45N3/c1-38-33-39-31-32-59(48(34-38)35-39)54-22-11-10-19-49(54)50-20-12-21-51(55(50)59)52-36-46-17-8-9-18-47(46)37-53(52)58-61-56(44-27-23-42(24-28-44)40-13-4-2-5-14-40)60-57(62-58)45-29-25-43(26-30-45)41-15-6-3-7-16-41/h2-30,34,36-39H,31-33,35H2,1H3. The van der Waals surface area contributed by atoms with E-state index in [-0.39, 0.29) is 5.41 Å². The highest BCUT2D eigenvalue weighted by atomic mass is 15.0. The molecule has 3 aliphatic rings. The van der Waals surface area contributed by atoms with E-state index < -0.39 is 0 Å². The monoisotopic (exact) mass is 795 g/mol. The van der Waals surface area contributed by atoms with Crippen LogP contribution in [0.15, 0.2) is 200 Å². The van der Waals surface area contributed by atoms with Gasteiger partial charge in [-0.15, -0.1) is 0 Å². The van der Waals surface area contributed by atoms with Crippen molar-refractivity contribution < 1.29 is 0 Å². The molecule has 0 N–H and O–H groups in total. The number of rotatable bonds is 6. The summed E-state index contributed by atoms with van der Waals surface area (Å²) >= 11 is 0. The quantitative estimate of drug-likeness (QED) is 0.157. The third kappa shape index (κ3) is 6.06. The first-order valence-electron chi connectivity index (χ1n) is 22.1. The van der Waals surface area contributed by atoms with Crippen molar-refractivity contribution in [2.45, 2.75) is 38.0 Å². The van der Waals surface area contributed by atoms with Gasteiger partial charge in [0.05, 0.1) is 0 Å². The van der Waals surface area contributed by atoms with Crippen LogP contribution in [-0.4, -0.2) is 15.0 Å². The summed E-state index contributed by atoms with van der Waals surface area (Å²) in [6.45, 7) is 2.42. The summed E-state index contributed by atoms with van der Waals surface area (Å²) in [7, 11) is 0. The Bertz CT molecular complexity index is 3080. The summed E-state index contributed by atoms with van der Waals surface area (Å²) in [5.74, 6) is 3.30. The zero-order valence-corrected chi connectivity index (χ0v) is 34.8. The van der Waals surface area contributed by atoms with Crippen LogP contribution in [0.4, 0.5) is 0 Å². The SMILES string of the molecule is CC1C=C2CC(CCC23c2ccccc2-c2cccc(-c4cc5ccccc5cc4-c4nc(-c5ccc(-c6ccccc6)cc5)nc(-c5ccc(-c6ccccc6)cc5)n4)c23)C1. The van der Waals surface area contributed by atoms with Gasteiger partial charge in [0.25, 0.3) is 0 Å². The molecular weight excluding hydrogens is 751 g/mol. The molecule has 3 aliphatic carbocycles. The predicted octanol–water partition coefficient (Wildman–Crippen LogP) is 15.1. The van der Waals surface area contributed by atoms with Gasteiger partial charge in [0, 0.05) is 22.1 Å². The molecule has 1 spiro atoms. The predicted molar refractivity (Wildman–Crippen MR) is 255 cm³/mol. The van der Waals surface area contributed by atoms with Crippen LogP contribution in [0, 0.1) is 11.8 Å². The summed E-state index contributed by atoms with van der Waals surface area (Å²) in [6, 6.07) is 67.9. The molecule has 296 valence electrons. The molecule has 0 amide bonds. The Morgan fingerprint density at radius 2 is 0.919 bits per heavy atom. The maximum Gasteiger partial charge on any atom is 0.164 e. The fraction of sp³-hybridized carbons (Fsp3) is 0.136. The molecule has 2 bridgehead atoms. The van der Waals surface area contributed by atoms with Gasteiger partial charge in [-0.2, -0.15) is 0 Å². The highest BCUT2D eigenvalue weighted by Gasteiger charge is 2.50. The zero-order valence-electron chi connectivity index (χ0n) is 34.8. The van der Waals surface area contributed by atoms with Crippen LogP contribution in [-0.2, 0) is 5.41 Å². The van der Waals surface area contributed by atoms with E-state index in [9.17, 15) is 0 Å². The molecule has 0 saturated heterocycles. The van der Waals surface area contributed by atoms with Crippen LogP contribution in [0.2, 0.25) is 0 Å². The number of fused-ring (bicyclic) bond motifs is 9. The lowest BCUT2D eigenvalue weighted by atomic mass is 9.57. The first-order valence-corrected chi connectivity index (χ1v) is 22.1. The summed E-state index contributed by atoms with van der Waals surface area (Å²) in [6.07, 6.45) is 7.46. The molecule has 12 rings (SSSR count). The minimum atomic E-state index is -0.174. The van der Waals surface area contributed by atoms with Gasteiger partial charge in [-0.05, 0) is 116 Å². The van der Waals surface area contributed by atoms with E-state index in [0.29, 0.717) is 23.4 Å². The van der Waals surface area contributed by atoms with Crippen LogP contribution in [0.25, 0.3) is 89.4 Å². The van der Waals surface area contributed by atoms with Gasteiger partial charge in [-0.3, -0.25) is 0 Å². The molecule has 9 aromatic rings. The molecule has 0 radical (unpaired) electrons. The molecule has 3 unspecified atom stereocenters. The van der Waals surface area contributed by atoms with Gasteiger partial charge in [0.1, 0.15) is 0 Å². The Morgan fingerprint density at radius 3 is 1.55 bits per heavy atom. The van der Waals surface area contributed by atoms with Crippen molar-refractivity contribution in [2.75, 3.05) is 0 Å². The van der Waals surface area contributed by atoms with E-state index in [1.54, 1.807) is 5.57 Å². The molecule has 1 heterocycles. The highest BCUT2D eigenvalue weighted by Crippen LogP contribution is 2.63. The first kappa shape index (κ1) is 36.6. The molecule has 3 nitrogen and oxygen atoms in total. The highest BCUT2D eigenvalue weighted by molar-refractivity contribution is 5.99. The number of allylic oxidation sites excluding steroid dienone is 2. The van der Waals surface area contributed by atoms with Crippen LogP contribution in [0.1, 0.15) is 43.7 Å². The Kier molecular flexibility index (Phi) is 8.71. The van der Waals surface area contributed by atoms with E-state index in [0.717, 1.165) is 51.1 Å². The minimum absolute atomic E-state index is 0.174. The Balaban J connectivity index is 1.09. The maximum absolute atomic E-state index is 5.42. The third-order valence-corrected chi connectivity index (χ3v) is 13.9. The van der Waals surface area contributed by atoms with Gasteiger partial charge in [0.2, 0.25) is 0 Å². The Hall–Kier alpha value is -7.23. The lowest BCUT2D eigenvalue weighted by Gasteiger charge is -2.46. The van der Waals surface area contributed by atoms with E-state index in [2.05, 4.69) is 201 Å². The first-order chi connectivity index (χ1) is 30.6. The van der Waals surface area contributed by atoms with Crippen molar-refractivity contribution in [1.82, 2.24) is 15.0 Å². The third-order valence-electron chi connectivity index (χ3n) is 13.9. The van der Waals surface area contributed by atoms with Crippen molar-refractivity contribution in [3.05, 3.63) is 211 Å². The van der Waals surface area contributed by atoms with E-state index in [1.807, 2.05) is 0 Å². The van der Waals surface area contributed by atoms with E-state index in [4.69, 9.17) is 15.0 Å². The van der Waals surface area contributed by atoms with E-state index in [1.165, 1.54) is 63.6 Å². The molecule has 3 heteroatoms. The second kappa shape index (κ2) is 14.7. The number of hydrogen-bond donors (Lipinski definition) is 0. The van der Waals surface area contributed by atoms with Crippen LogP contribution in [0.3, 0.4) is 0 Å². The Morgan fingerprint density at radius 1 is 0.435 bits per heavy atom. The summed E-state index contributed by atoms with van der Waals surface area (Å²) in [4.78, 5) is 16.1. The molecule has 1 fully saturated rings.